The molecule has 0 saturated heterocycles. The molecule has 0 bridgehead atoms. The third-order valence-corrected chi connectivity index (χ3v) is 4.47. The molecule has 2 heterocycles. The second-order valence-corrected chi connectivity index (χ2v) is 6.26. The summed E-state index contributed by atoms with van der Waals surface area (Å²) in [5.74, 6) is 0.536. The minimum absolute atomic E-state index is 0.180. The van der Waals surface area contributed by atoms with Crippen molar-refractivity contribution in [1.29, 1.82) is 0 Å². The smallest absolute Gasteiger partial charge is 0.270 e. The van der Waals surface area contributed by atoms with E-state index in [0.717, 1.165) is 11.3 Å². The molecular weight excluding hydrogens is 308 g/mol. The normalized spacial score (nSPS) is 21.0. The van der Waals surface area contributed by atoms with Gasteiger partial charge in [0.2, 0.25) is 5.88 Å². The highest BCUT2D eigenvalue weighted by Gasteiger charge is 2.36. The van der Waals surface area contributed by atoms with Gasteiger partial charge in [-0.25, -0.2) is 4.98 Å². The lowest BCUT2D eigenvalue weighted by Gasteiger charge is -2.38. The Morgan fingerprint density at radius 1 is 1.46 bits per heavy atom. The maximum atomic E-state index is 12.6. The first-order valence-corrected chi connectivity index (χ1v) is 7.97. The fourth-order valence-electron chi connectivity index (χ4n) is 3.11. The molecule has 7 heteroatoms. The Hall–Kier alpha value is -2.41. The minimum atomic E-state index is -0.292. The zero-order chi connectivity index (χ0) is 17.3. The molecule has 128 valence electrons. The van der Waals surface area contributed by atoms with Crippen molar-refractivity contribution in [2.75, 3.05) is 7.11 Å². The van der Waals surface area contributed by atoms with Crippen molar-refractivity contribution < 1.29 is 14.6 Å². The number of pyridine rings is 1. The van der Waals surface area contributed by atoms with E-state index in [2.05, 4.69) is 15.4 Å². The van der Waals surface area contributed by atoms with Gasteiger partial charge in [-0.2, -0.15) is 5.10 Å². The summed E-state index contributed by atoms with van der Waals surface area (Å²) in [5, 5.41) is 16.9. The number of rotatable bonds is 5. The first kappa shape index (κ1) is 16.4. The Morgan fingerprint density at radius 2 is 2.21 bits per heavy atom. The van der Waals surface area contributed by atoms with Crippen LogP contribution in [-0.2, 0) is 7.05 Å². The van der Waals surface area contributed by atoms with Gasteiger partial charge in [-0.15, -0.1) is 0 Å². The van der Waals surface area contributed by atoms with Crippen LogP contribution in [-0.4, -0.2) is 39.0 Å². The number of nitrogens with zero attached hydrogens (tertiary/aromatic N) is 3. The van der Waals surface area contributed by atoms with E-state index in [1.54, 1.807) is 37.2 Å². The molecule has 0 aromatic carbocycles. The number of aromatic nitrogens is 3. The highest BCUT2D eigenvalue weighted by molar-refractivity contribution is 5.93. The molecule has 3 rings (SSSR count). The van der Waals surface area contributed by atoms with Crippen molar-refractivity contribution in [2.45, 2.75) is 31.9 Å². The monoisotopic (exact) mass is 330 g/mol. The summed E-state index contributed by atoms with van der Waals surface area (Å²) < 4.78 is 6.66. The van der Waals surface area contributed by atoms with E-state index in [1.807, 2.05) is 13.0 Å². The van der Waals surface area contributed by atoms with Crippen LogP contribution in [0.5, 0.6) is 5.88 Å². The van der Waals surface area contributed by atoms with Crippen molar-refractivity contribution in [3.8, 4) is 5.88 Å². The molecule has 1 aliphatic carbocycles. The van der Waals surface area contributed by atoms with E-state index >= 15 is 0 Å². The van der Waals surface area contributed by atoms with Gasteiger partial charge in [0.25, 0.3) is 5.91 Å². The third kappa shape index (κ3) is 3.26. The maximum Gasteiger partial charge on any atom is 0.270 e. The largest absolute Gasteiger partial charge is 0.481 e. The van der Waals surface area contributed by atoms with Gasteiger partial charge in [0.05, 0.1) is 24.9 Å². The molecule has 1 aliphatic rings. The molecular formula is C17H22N4O3. The van der Waals surface area contributed by atoms with E-state index in [1.165, 1.54) is 0 Å². The standard InChI is InChI=1S/C17H22N4O3/c1-10-6-14(21(2)20-10)17(23)19-16(12-7-13(22)8-12)11-4-5-15(24-3)18-9-11/h4-6,9,12-13,16,22H,7-8H2,1-3H3,(H,19,23)/t12?,13?,16-/m0/s1. The fourth-order valence-corrected chi connectivity index (χ4v) is 3.11. The summed E-state index contributed by atoms with van der Waals surface area (Å²) in [6.07, 6.45) is 2.76. The Labute approximate surface area is 140 Å². The number of carbonyl (C=O) groups excluding carboxylic acids is 1. The van der Waals surface area contributed by atoms with Crippen LogP contribution in [0.3, 0.4) is 0 Å². The summed E-state index contributed by atoms with van der Waals surface area (Å²) in [7, 11) is 3.31. The van der Waals surface area contributed by atoms with Crippen LogP contribution < -0.4 is 10.1 Å². The number of aliphatic hydroxyl groups is 1. The van der Waals surface area contributed by atoms with Crippen molar-refractivity contribution >= 4 is 5.91 Å². The predicted molar refractivity (Wildman–Crippen MR) is 87.7 cm³/mol. The van der Waals surface area contributed by atoms with E-state index in [0.29, 0.717) is 24.4 Å². The molecule has 2 aromatic heterocycles. The molecule has 2 N–H and O–H groups in total. The van der Waals surface area contributed by atoms with E-state index in [9.17, 15) is 9.90 Å². The molecule has 0 radical (unpaired) electrons. The quantitative estimate of drug-likeness (QED) is 0.864. The lowest BCUT2D eigenvalue weighted by molar-refractivity contribution is 0.0233. The fraction of sp³-hybridized carbons (Fsp3) is 0.471. The van der Waals surface area contributed by atoms with Crippen molar-refractivity contribution in [2.24, 2.45) is 13.0 Å². The SMILES string of the molecule is COc1ccc([C@H](NC(=O)c2cc(C)nn2C)C2CC(O)C2)cn1. The average Bonchev–Trinajstić information content (AvgIpc) is 2.88. The Balaban J connectivity index is 1.82. The number of hydrogen-bond donors (Lipinski definition) is 2. The Morgan fingerprint density at radius 3 is 2.71 bits per heavy atom. The summed E-state index contributed by atoms with van der Waals surface area (Å²) in [4.78, 5) is 16.9. The molecule has 2 aromatic rings. The highest BCUT2D eigenvalue weighted by atomic mass is 16.5. The Bertz CT molecular complexity index is 720. The lowest BCUT2D eigenvalue weighted by atomic mass is 9.75. The van der Waals surface area contributed by atoms with Gasteiger partial charge >= 0.3 is 0 Å². The number of aryl methyl sites for hydroxylation is 2. The molecule has 0 spiro atoms. The molecule has 0 aliphatic heterocycles. The van der Waals surface area contributed by atoms with Crippen LogP contribution in [0.4, 0.5) is 0 Å². The van der Waals surface area contributed by atoms with E-state index in [-0.39, 0.29) is 24.0 Å². The predicted octanol–water partition coefficient (Wildman–Crippen LogP) is 1.37. The summed E-state index contributed by atoms with van der Waals surface area (Å²) >= 11 is 0. The van der Waals surface area contributed by atoms with Crippen LogP contribution in [0.25, 0.3) is 0 Å². The number of nitrogens with one attached hydrogen (secondary N) is 1. The topological polar surface area (TPSA) is 89.3 Å². The maximum absolute atomic E-state index is 12.6. The summed E-state index contributed by atoms with van der Waals surface area (Å²) in [5.41, 5.74) is 2.21. The molecule has 1 fully saturated rings. The number of hydrogen-bond acceptors (Lipinski definition) is 5. The van der Waals surface area contributed by atoms with Crippen LogP contribution in [0.1, 0.15) is 40.6 Å². The summed E-state index contributed by atoms with van der Waals surface area (Å²) in [6, 6.07) is 5.23. The van der Waals surface area contributed by atoms with Gasteiger partial charge in [0, 0.05) is 19.3 Å². The lowest BCUT2D eigenvalue weighted by Crippen LogP contribution is -2.41. The molecule has 7 nitrogen and oxygen atoms in total. The van der Waals surface area contributed by atoms with Crippen molar-refractivity contribution in [3.05, 3.63) is 41.3 Å². The minimum Gasteiger partial charge on any atom is -0.481 e. The number of methoxy groups -OCH3 is 1. The second kappa shape index (κ2) is 6.60. The molecule has 24 heavy (non-hydrogen) atoms. The van der Waals surface area contributed by atoms with Crippen molar-refractivity contribution in [3.63, 3.8) is 0 Å². The molecule has 1 amide bonds. The molecule has 0 unspecified atom stereocenters. The number of carbonyl (C=O) groups is 1. The van der Waals surface area contributed by atoms with Crippen molar-refractivity contribution in [1.82, 2.24) is 20.1 Å². The number of ether oxygens (including phenoxy) is 1. The van der Waals surface area contributed by atoms with Crippen LogP contribution in [0, 0.1) is 12.8 Å². The number of amides is 1. The van der Waals surface area contributed by atoms with Crippen LogP contribution >= 0.6 is 0 Å². The third-order valence-electron chi connectivity index (χ3n) is 4.47. The van der Waals surface area contributed by atoms with Gasteiger partial charge in [-0.3, -0.25) is 9.48 Å². The van der Waals surface area contributed by atoms with Crippen LogP contribution in [0.15, 0.2) is 24.4 Å². The van der Waals surface area contributed by atoms with Gasteiger partial charge in [0.15, 0.2) is 0 Å². The molecule has 1 saturated carbocycles. The Kier molecular flexibility index (Phi) is 4.53. The van der Waals surface area contributed by atoms with E-state index in [4.69, 9.17) is 4.74 Å². The summed E-state index contributed by atoms with van der Waals surface area (Å²) in [6.45, 7) is 1.85. The van der Waals surface area contributed by atoms with Gasteiger partial charge < -0.3 is 15.2 Å². The van der Waals surface area contributed by atoms with Crippen LogP contribution in [0.2, 0.25) is 0 Å². The van der Waals surface area contributed by atoms with Gasteiger partial charge in [-0.05, 0) is 37.3 Å². The second-order valence-electron chi connectivity index (χ2n) is 6.26. The first-order valence-electron chi connectivity index (χ1n) is 7.97. The first-order chi connectivity index (χ1) is 11.5. The van der Waals surface area contributed by atoms with Gasteiger partial charge in [0.1, 0.15) is 5.69 Å². The molecule has 1 atom stereocenters. The number of aliphatic hydroxyl groups excluding tert-OH is 1. The van der Waals surface area contributed by atoms with Gasteiger partial charge in [-0.1, -0.05) is 6.07 Å². The highest BCUT2D eigenvalue weighted by Crippen LogP contribution is 2.38. The zero-order valence-corrected chi connectivity index (χ0v) is 14.1. The van der Waals surface area contributed by atoms with E-state index < -0.39 is 0 Å². The average molecular weight is 330 g/mol. The zero-order valence-electron chi connectivity index (χ0n) is 14.1.